The Morgan fingerprint density at radius 3 is 1.29 bits per heavy atom. The van der Waals surface area contributed by atoms with Crippen molar-refractivity contribution in [1.29, 1.82) is 0 Å². The summed E-state index contributed by atoms with van der Waals surface area (Å²) < 4.78 is 64.4. The number of hydrogen-bond acceptors (Lipinski definition) is 18. The molecule has 6 aromatic rings. The van der Waals surface area contributed by atoms with Crippen molar-refractivity contribution in [1.82, 2.24) is 49.2 Å². The van der Waals surface area contributed by atoms with Crippen LogP contribution in [-0.4, -0.2) is 100 Å². The average molecular weight is 953 g/mol. The number of fused-ring (bicyclic) bond motifs is 2. The summed E-state index contributed by atoms with van der Waals surface area (Å²) in [5, 5.41) is 5.55. The SMILES string of the molecule is CC(C)OC(=O)[C@H](C)N[P@@](=O)(CO[C@H](C)Cn1cnc2c(N)ncnc21)Oc1ccccc1.CC(C)OC(=O)[C@H](C)N[P@](=O)(CO[C@H](C)Cn1cnc2c(N)ncnc21)Oc1ccccc1. The van der Waals surface area contributed by atoms with E-state index < -0.39 is 39.1 Å². The van der Waals surface area contributed by atoms with E-state index in [2.05, 4.69) is 40.1 Å². The Morgan fingerprint density at radius 1 is 0.576 bits per heavy atom. The molecule has 0 amide bonds. The zero-order chi connectivity index (χ0) is 48.0. The summed E-state index contributed by atoms with van der Waals surface area (Å²) in [5.74, 6) is 0.303. The zero-order valence-corrected chi connectivity index (χ0v) is 39.9. The fourth-order valence-electron chi connectivity index (χ4n) is 6.02. The van der Waals surface area contributed by atoms with Crippen LogP contribution in [0.3, 0.4) is 0 Å². The lowest BCUT2D eigenvalue weighted by atomic mass is 10.3. The maximum Gasteiger partial charge on any atom is 0.342 e. The highest BCUT2D eigenvalue weighted by molar-refractivity contribution is 7.57. The highest BCUT2D eigenvalue weighted by Gasteiger charge is 2.33. The number of rotatable bonds is 22. The van der Waals surface area contributed by atoms with Crippen LogP contribution in [0, 0.1) is 0 Å². The van der Waals surface area contributed by atoms with Gasteiger partial charge in [-0.1, -0.05) is 36.4 Å². The Kier molecular flexibility index (Phi) is 18.1. The first-order valence-electron chi connectivity index (χ1n) is 21.0. The largest absolute Gasteiger partial charge is 0.462 e. The molecular formula is C42H58N12O10P2. The van der Waals surface area contributed by atoms with Gasteiger partial charge in [0.15, 0.2) is 22.9 Å². The van der Waals surface area contributed by atoms with E-state index in [1.165, 1.54) is 12.7 Å². The van der Waals surface area contributed by atoms with Crippen LogP contribution in [0.5, 0.6) is 11.5 Å². The van der Waals surface area contributed by atoms with Crippen molar-refractivity contribution in [2.24, 2.45) is 0 Å². The number of nitrogens with two attached hydrogens (primary N) is 2. The van der Waals surface area contributed by atoms with Gasteiger partial charge >= 0.3 is 27.0 Å². The van der Waals surface area contributed by atoms with E-state index in [0.717, 1.165) is 0 Å². The van der Waals surface area contributed by atoms with Gasteiger partial charge in [0.2, 0.25) is 0 Å². The molecule has 66 heavy (non-hydrogen) atoms. The third-order valence-corrected chi connectivity index (χ3v) is 12.6. The van der Waals surface area contributed by atoms with Gasteiger partial charge in [0.05, 0.1) is 50.2 Å². The summed E-state index contributed by atoms with van der Waals surface area (Å²) in [6, 6.07) is 15.7. The molecule has 4 aromatic heterocycles. The maximum atomic E-state index is 13.6. The lowest BCUT2D eigenvalue weighted by Crippen LogP contribution is -2.37. The minimum Gasteiger partial charge on any atom is -0.462 e. The fourth-order valence-corrected chi connectivity index (χ4v) is 9.60. The predicted molar refractivity (Wildman–Crippen MR) is 247 cm³/mol. The predicted octanol–water partition coefficient (Wildman–Crippen LogP) is 5.95. The van der Waals surface area contributed by atoms with Crippen molar-refractivity contribution >= 4 is 60.9 Å². The van der Waals surface area contributed by atoms with Gasteiger partial charge in [-0.2, -0.15) is 0 Å². The van der Waals surface area contributed by atoms with Crippen LogP contribution in [0.25, 0.3) is 22.3 Å². The summed E-state index contributed by atoms with van der Waals surface area (Å²) in [6.45, 7) is 14.5. The number of ether oxygens (including phenoxy) is 4. The highest BCUT2D eigenvalue weighted by Crippen LogP contribution is 2.45. The molecule has 24 heteroatoms. The number of nitrogens with one attached hydrogen (secondary N) is 2. The van der Waals surface area contributed by atoms with Gasteiger partial charge in [-0.3, -0.25) is 18.7 Å². The summed E-state index contributed by atoms with van der Waals surface area (Å²) in [7, 11) is -7.28. The van der Waals surface area contributed by atoms with Gasteiger partial charge < -0.3 is 48.6 Å². The Balaban J connectivity index is 0.000000247. The topological polar surface area (TPSA) is 287 Å². The van der Waals surface area contributed by atoms with Crippen LogP contribution < -0.4 is 30.7 Å². The van der Waals surface area contributed by atoms with Crippen LogP contribution >= 0.6 is 15.0 Å². The van der Waals surface area contributed by atoms with Crippen molar-refractivity contribution in [2.45, 2.75) is 105 Å². The smallest absolute Gasteiger partial charge is 0.342 e. The molecule has 6 N–H and O–H groups in total. The van der Waals surface area contributed by atoms with Crippen LogP contribution in [0.1, 0.15) is 55.4 Å². The Hall–Kier alpha value is -6.02. The Bertz CT molecular complexity index is 2420. The normalized spacial score (nSPS) is 15.2. The molecule has 22 nitrogen and oxygen atoms in total. The number of hydrogen-bond donors (Lipinski definition) is 4. The Labute approximate surface area is 382 Å². The van der Waals surface area contributed by atoms with Gasteiger partial charge in [-0.15, -0.1) is 0 Å². The first kappa shape index (κ1) is 51.0. The van der Waals surface area contributed by atoms with E-state index in [9.17, 15) is 18.7 Å². The molecule has 0 fully saturated rings. The zero-order valence-electron chi connectivity index (χ0n) is 38.1. The maximum absolute atomic E-state index is 13.6. The van der Waals surface area contributed by atoms with E-state index in [1.54, 1.807) is 112 Å². The number of carbonyl (C=O) groups excluding carboxylic acids is 2. The third kappa shape index (κ3) is 15.0. The summed E-state index contributed by atoms with van der Waals surface area (Å²) in [5.41, 5.74) is 13.8. The standard InChI is InChI=1S/2C21H29N6O5P/c2*1-14(2)31-21(28)16(4)26-33(29,32-17-8-6-5-7-9-17)13-30-15(3)10-27-12-25-18-19(22)23-11-24-20(18)27/h2*5-9,11-12,14-16H,10,13H2,1-4H3,(H,26,29)(H2,22,23,24)/t15-,16+,33+;15-,16+,33-/m11/s1. The van der Waals surface area contributed by atoms with E-state index in [4.69, 9.17) is 39.5 Å². The second kappa shape index (κ2) is 23.4. The van der Waals surface area contributed by atoms with Crippen molar-refractivity contribution in [2.75, 3.05) is 24.2 Å². The van der Waals surface area contributed by atoms with E-state index in [0.29, 0.717) is 58.6 Å². The molecule has 0 saturated heterocycles. The lowest BCUT2D eigenvalue weighted by molar-refractivity contribution is -0.149. The van der Waals surface area contributed by atoms with Crippen molar-refractivity contribution in [3.8, 4) is 11.5 Å². The van der Waals surface area contributed by atoms with Gasteiger partial charge in [0.25, 0.3) is 0 Å². The van der Waals surface area contributed by atoms with Crippen LogP contribution in [0.2, 0.25) is 0 Å². The first-order valence-corrected chi connectivity index (χ1v) is 24.7. The van der Waals surface area contributed by atoms with Crippen molar-refractivity contribution in [3.05, 3.63) is 86.0 Å². The number of carbonyl (C=O) groups is 2. The average Bonchev–Trinajstić information content (AvgIpc) is 3.88. The van der Waals surface area contributed by atoms with E-state index in [-0.39, 0.29) is 37.1 Å². The minimum atomic E-state index is -3.64. The van der Waals surface area contributed by atoms with E-state index in [1.807, 2.05) is 26.0 Å². The number of para-hydroxylation sites is 2. The molecule has 356 valence electrons. The number of nitrogen functional groups attached to an aromatic ring is 2. The quantitative estimate of drug-likeness (QED) is 0.0452. The molecular weight excluding hydrogens is 894 g/mol. The molecule has 0 aliphatic carbocycles. The number of aromatic nitrogens is 8. The second-order valence-corrected chi connectivity index (χ2v) is 19.8. The molecule has 0 unspecified atom stereocenters. The number of anilines is 2. The van der Waals surface area contributed by atoms with Crippen molar-refractivity contribution in [3.63, 3.8) is 0 Å². The minimum absolute atomic E-state index is 0.272. The van der Waals surface area contributed by atoms with Gasteiger partial charge in [-0.05, 0) is 79.7 Å². The monoisotopic (exact) mass is 952 g/mol. The van der Waals surface area contributed by atoms with Crippen LogP contribution in [0.4, 0.5) is 11.6 Å². The second-order valence-electron chi connectivity index (χ2n) is 15.7. The molecule has 0 radical (unpaired) electrons. The number of nitrogens with zero attached hydrogens (tertiary/aromatic N) is 8. The van der Waals surface area contributed by atoms with Crippen molar-refractivity contribution < 1.29 is 46.7 Å². The van der Waals surface area contributed by atoms with Gasteiger partial charge in [0.1, 0.15) is 60.0 Å². The molecule has 4 heterocycles. The molecule has 2 aromatic carbocycles. The third-order valence-electron chi connectivity index (χ3n) is 9.01. The highest BCUT2D eigenvalue weighted by atomic mass is 31.2. The number of esters is 2. The summed E-state index contributed by atoms with van der Waals surface area (Å²) in [4.78, 5) is 49.2. The summed E-state index contributed by atoms with van der Waals surface area (Å²) >= 11 is 0. The number of benzene rings is 2. The molecule has 0 aliphatic heterocycles. The first-order chi connectivity index (χ1) is 31.3. The molecule has 0 spiro atoms. The molecule has 0 aliphatic rings. The van der Waals surface area contributed by atoms with Crippen LogP contribution in [-0.2, 0) is 50.8 Å². The lowest BCUT2D eigenvalue weighted by Gasteiger charge is -2.25. The number of imidazole rings is 2. The van der Waals surface area contributed by atoms with Gasteiger partial charge in [-0.25, -0.2) is 40.1 Å². The molecule has 6 atom stereocenters. The van der Waals surface area contributed by atoms with E-state index >= 15 is 0 Å². The van der Waals surface area contributed by atoms with Crippen LogP contribution in [0.15, 0.2) is 86.0 Å². The molecule has 6 rings (SSSR count). The fraction of sp³-hybridized carbons (Fsp3) is 0.429. The molecule has 0 saturated carbocycles. The van der Waals surface area contributed by atoms with Gasteiger partial charge in [0, 0.05) is 0 Å². The molecule has 0 bridgehead atoms. The summed E-state index contributed by atoms with van der Waals surface area (Å²) in [6.07, 6.45) is 4.02. The Morgan fingerprint density at radius 2 is 0.939 bits per heavy atom.